The first-order chi connectivity index (χ1) is 14.2. The fraction of sp³-hybridized carbons (Fsp3) is 0.130. The zero-order valence-electron chi connectivity index (χ0n) is 15.6. The molecule has 0 spiro atoms. The van der Waals surface area contributed by atoms with E-state index in [0.29, 0.717) is 6.42 Å². The number of hydrogen-bond acceptors (Lipinski definition) is 4. The molecule has 0 bridgehead atoms. The summed E-state index contributed by atoms with van der Waals surface area (Å²) in [7, 11) is 0. The largest absolute Gasteiger partial charge is 0.461 e. The lowest BCUT2D eigenvalue weighted by atomic mass is 10.0. The van der Waals surface area contributed by atoms with E-state index in [1.807, 2.05) is 60.8 Å². The van der Waals surface area contributed by atoms with Crippen LogP contribution in [0.3, 0.4) is 0 Å². The number of amides is 1. The van der Waals surface area contributed by atoms with Crippen LogP contribution in [0.2, 0.25) is 0 Å². The first kappa shape index (κ1) is 18.6. The number of aromatic amines is 1. The molecule has 0 aliphatic heterocycles. The Morgan fingerprint density at radius 2 is 1.79 bits per heavy atom. The van der Waals surface area contributed by atoms with Crippen molar-refractivity contribution in [2.45, 2.75) is 19.1 Å². The highest BCUT2D eigenvalue weighted by Gasteiger charge is 2.26. The minimum absolute atomic E-state index is 0.126. The average molecular weight is 388 g/mol. The maximum Gasteiger partial charge on any atom is 0.408 e. The third-order valence-electron chi connectivity index (χ3n) is 4.68. The molecule has 0 saturated heterocycles. The lowest BCUT2D eigenvalue weighted by Crippen LogP contribution is -2.42. The summed E-state index contributed by atoms with van der Waals surface area (Å²) < 4.78 is 10.5. The van der Waals surface area contributed by atoms with Crippen molar-refractivity contribution in [3.63, 3.8) is 0 Å². The molecule has 2 heterocycles. The van der Waals surface area contributed by atoms with E-state index in [4.69, 9.17) is 9.15 Å². The van der Waals surface area contributed by atoms with Crippen LogP contribution in [0, 0.1) is 0 Å². The van der Waals surface area contributed by atoms with Crippen LogP contribution < -0.4 is 5.32 Å². The van der Waals surface area contributed by atoms with Gasteiger partial charge in [-0.1, -0.05) is 48.5 Å². The van der Waals surface area contributed by atoms with E-state index < -0.39 is 12.1 Å². The molecule has 6 heteroatoms. The summed E-state index contributed by atoms with van der Waals surface area (Å²) in [5.74, 6) is -0.116. The van der Waals surface area contributed by atoms with Gasteiger partial charge in [0.2, 0.25) is 5.78 Å². The van der Waals surface area contributed by atoms with Crippen LogP contribution in [0.4, 0.5) is 4.79 Å². The summed E-state index contributed by atoms with van der Waals surface area (Å²) in [4.78, 5) is 28.5. The maximum atomic E-state index is 12.9. The highest BCUT2D eigenvalue weighted by molar-refractivity contribution is 6.00. The number of furan rings is 1. The Labute approximate surface area is 167 Å². The van der Waals surface area contributed by atoms with Crippen LogP contribution >= 0.6 is 0 Å². The van der Waals surface area contributed by atoms with Gasteiger partial charge in [-0.3, -0.25) is 4.79 Å². The SMILES string of the molecule is O=C(N[C@@H](Cc1c[nH]c2ccccc12)C(=O)c1ccco1)OCc1ccccc1. The molecule has 4 aromatic rings. The van der Waals surface area contributed by atoms with Gasteiger partial charge >= 0.3 is 6.09 Å². The van der Waals surface area contributed by atoms with Gasteiger partial charge < -0.3 is 19.5 Å². The number of ketones is 1. The topological polar surface area (TPSA) is 84.3 Å². The summed E-state index contributed by atoms with van der Waals surface area (Å²) in [5.41, 5.74) is 2.76. The first-order valence-corrected chi connectivity index (χ1v) is 9.30. The molecule has 6 nitrogen and oxygen atoms in total. The average Bonchev–Trinajstić information content (AvgIpc) is 3.43. The monoisotopic (exact) mass is 388 g/mol. The second-order valence-corrected chi connectivity index (χ2v) is 6.66. The van der Waals surface area contributed by atoms with E-state index in [1.54, 1.807) is 12.1 Å². The predicted octanol–water partition coefficient (Wildman–Crippen LogP) is 4.48. The third-order valence-corrected chi connectivity index (χ3v) is 4.68. The fourth-order valence-electron chi connectivity index (χ4n) is 3.23. The molecular formula is C23H20N2O4. The Balaban J connectivity index is 1.50. The van der Waals surface area contributed by atoms with Crippen molar-refractivity contribution in [2.24, 2.45) is 0 Å². The minimum atomic E-state index is -0.816. The van der Waals surface area contributed by atoms with E-state index in [2.05, 4.69) is 10.3 Å². The Morgan fingerprint density at radius 3 is 2.59 bits per heavy atom. The van der Waals surface area contributed by atoms with E-state index in [1.165, 1.54) is 6.26 Å². The number of hydrogen-bond donors (Lipinski definition) is 2. The Bertz CT molecular complexity index is 1100. The van der Waals surface area contributed by atoms with Crippen molar-refractivity contribution in [3.8, 4) is 0 Å². The van der Waals surface area contributed by atoms with Crippen LogP contribution in [0.25, 0.3) is 10.9 Å². The van der Waals surface area contributed by atoms with Gasteiger partial charge in [0.15, 0.2) is 5.76 Å². The quantitative estimate of drug-likeness (QED) is 0.457. The number of ether oxygens (including phenoxy) is 1. The zero-order valence-corrected chi connectivity index (χ0v) is 15.6. The van der Waals surface area contributed by atoms with Crippen LogP contribution in [-0.2, 0) is 17.8 Å². The number of para-hydroxylation sites is 1. The zero-order chi connectivity index (χ0) is 20.1. The number of carbonyl (C=O) groups is 2. The number of nitrogens with one attached hydrogen (secondary N) is 2. The number of rotatable bonds is 7. The van der Waals surface area contributed by atoms with Crippen LogP contribution in [0.1, 0.15) is 21.7 Å². The van der Waals surface area contributed by atoms with Crippen molar-refractivity contribution in [1.29, 1.82) is 0 Å². The van der Waals surface area contributed by atoms with E-state index in [-0.39, 0.29) is 18.2 Å². The molecule has 1 amide bonds. The molecule has 2 aromatic heterocycles. The van der Waals surface area contributed by atoms with Gasteiger partial charge in [-0.05, 0) is 29.3 Å². The molecule has 0 radical (unpaired) electrons. The Morgan fingerprint density at radius 1 is 1.00 bits per heavy atom. The normalized spacial score (nSPS) is 11.9. The van der Waals surface area contributed by atoms with Crippen molar-refractivity contribution in [3.05, 3.63) is 96.1 Å². The molecule has 0 aliphatic carbocycles. The number of Topliss-reactive ketones (excluding diaryl/α,β-unsaturated/α-hetero) is 1. The summed E-state index contributed by atoms with van der Waals surface area (Å²) in [5, 5.41) is 3.70. The second-order valence-electron chi connectivity index (χ2n) is 6.66. The van der Waals surface area contributed by atoms with Gasteiger partial charge in [0, 0.05) is 23.5 Å². The second kappa shape index (κ2) is 8.48. The Hall–Kier alpha value is -3.80. The minimum Gasteiger partial charge on any atom is -0.461 e. The van der Waals surface area contributed by atoms with Gasteiger partial charge in [0.05, 0.1) is 6.26 Å². The highest BCUT2D eigenvalue weighted by atomic mass is 16.5. The number of fused-ring (bicyclic) bond motifs is 1. The molecule has 0 aliphatic rings. The molecule has 1 atom stereocenters. The van der Waals surface area contributed by atoms with E-state index in [9.17, 15) is 9.59 Å². The third kappa shape index (κ3) is 4.38. The van der Waals surface area contributed by atoms with Gasteiger partial charge in [-0.15, -0.1) is 0 Å². The molecule has 4 rings (SSSR count). The maximum absolute atomic E-state index is 12.9. The summed E-state index contributed by atoms with van der Waals surface area (Å²) in [6.07, 6.45) is 2.94. The van der Waals surface area contributed by atoms with Gasteiger partial charge in [-0.25, -0.2) is 4.79 Å². The lowest BCUT2D eigenvalue weighted by Gasteiger charge is -2.16. The van der Waals surface area contributed by atoms with Crippen LogP contribution in [0.5, 0.6) is 0 Å². The summed E-state index contributed by atoms with van der Waals surface area (Å²) >= 11 is 0. The van der Waals surface area contributed by atoms with E-state index >= 15 is 0 Å². The Kier molecular flexibility index (Phi) is 5.42. The molecule has 2 N–H and O–H groups in total. The van der Waals surface area contributed by atoms with Crippen molar-refractivity contribution >= 4 is 22.8 Å². The van der Waals surface area contributed by atoms with Crippen LogP contribution in [-0.4, -0.2) is 22.9 Å². The molecule has 146 valence electrons. The van der Waals surface area contributed by atoms with Gasteiger partial charge in [0.25, 0.3) is 0 Å². The molecule has 0 saturated carbocycles. The first-order valence-electron chi connectivity index (χ1n) is 9.30. The van der Waals surface area contributed by atoms with Crippen molar-refractivity contribution in [2.75, 3.05) is 0 Å². The van der Waals surface area contributed by atoms with Crippen molar-refractivity contribution < 1.29 is 18.7 Å². The number of aromatic nitrogens is 1. The number of carbonyl (C=O) groups excluding carboxylic acids is 2. The predicted molar refractivity (Wildman–Crippen MR) is 109 cm³/mol. The standard InChI is InChI=1S/C23H20N2O4/c26-22(21-11-6-12-28-21)20(13-17-14-24-19-10-5-4-9-18(17)19)25-23(27)29-15-16-7-2-1-3-8-16/h1-12,14,20,24H,13,15H2,(H,25,27)/t20-/m0/s1. The highest BCUT2D eigenvalue weighted by Crippen LogP contribution is 2.20. The van der Waals surface area contributed by atoms with Crippen molar-refractivity contribution in [1.82, 2.24) is 10.3 Å². The number of alkyl carbamates (subject to hydrolysis) is 1. The van der Waals surface area contributed by atoms with E-state index in [0.717, 1.165) is 22.0 Å². The molecular weight excluding hydrogens is 368 g/mol. The van der Waals surface area contributed by atoms with Gasteiger partial charge in [-0.2, -0.15) is 0 Å². The molecule has 29 heavy (non-hydrogen) atoms. The smallest absolute Gasteiger partial charge is 0.408 e. The number of benzene rings is 2. The fourth-order valence-corrected chi connectivity index (χ4v) is 3.23. The molecule has 0 unspecified atom stereocenters. The summed E-state index contributed by atoms with van der Waals surface area (Å²) in [6, 6.07) is 19.6. The van der Waals surface area contributed by atoms with Crippen LogP contribution in [0.15, 0.2) is 83.6 Å². The number of H-pyrrole nitrogens is 1. The van der Waals surface area contributed by atoms with Gasteiger partial charge in [0.1, 0.15) is 12.6 Å². The molecule has 0 fully saturated rings. The summed E-state index contributed by atoms with van der Waals surface area (Å²) in [6.45, 7) is 0.126. The lowest BCUT2D eigenvalue weighted by molar-refractivity contribution is 0.0890. The molecule has 2 aromatic carbocycles.